The van der Waals surface area contributed by atoms with Crippen molar-refractivity contribution in [1.82, 2.24) is 20.0 Å². The van der Waals surface area contributed by atoms with Gasteiger partial charge in [0, 0.05) is 29.7 Å². The zero-order chi connectivity index (χ0) is 27.3. The molecule has 1 aliphatic heterocycles. The normalized spacial score (nSPS) is 14.2. The van der Waals surface area contributed by atoms with Gasteiger partial charge >= 0.3 is 12.3 Å². The van der Waals surface area contributed by atoms with Crippen molar-refractivity contribution in [3.05, 3.63) is 82.5 Å². The summed E-state index contributed by atoms with van der Waals surface area (Å²) in [5, 5.41) is 8.98. The number of nitrogens with zero attached hydrogens (tertiary/aromatic N) is 3. The number of thiocarbonyl (C=S) groups is 1. The van der Waals surface area contributed by atoms with E-state index in [4.69, 9.17) is 28.6 Å². The molecule has 0 unspecified atom stereocenters. The molecule has 0 spiro atoms. The van der Waals surface area contributed by atoms with Crippen LogP contribution in [0.5, 0.6) is 0 Å². The van der Waals surface area contributed by atoms with Gasteiger partial charge in [-0.3, -0.25) is 10.1 Å². The minimum Gasteiger partial charge on any atom is -0.445 e. The summed E-state index contributed by atoms with van der Waals surface area (Å²) >= 11 is 11.1. The summed E-state index contributed by atoms with van der Waals surface area (Å²) in [6, 6.07) is 15.7. The predicted molar refractivity (Wildman–Crippen MR) is 139 cm³/mol. The summed E-state index contributed by atoms with van der Waals surface area (Å²) in [4.78, 5) is 26.4. The van der Waals surface area contributed by atoms with Gasteiger partial charge in [0.2, 0.25) is 0 Å². The molecule has 0 bridgehead atoms. The number of aromatic nitrogens is 2. The molecular formula is C25H23ClF3N5O3S. The minimum atomic E-state index is -4.69. The number of hydrogen-bond donors (Lipinski definition) is 2. The number of likely N-dealkylation sites (tertiary alicyclic amines) is 1. The molecular weight excluding hydrogens is 543 g/mol. The first-order valence-electron chi connectivity index (χ1n) is 11.6. The molecule has 2 amide bonds. The number of anilines is 1. The van der Waals surface area contributed by atoms with E-state index in [2.05, 4.69) is 15.7 Å². The Morgan fingerprint density at radius 1 is 1.08 bits per heavy atom. The molecule has 38 heavy (non-hydrogen) atoms. The summed E-state index contributed by atoms with van der Waals surface area (Å²) in [6.45, 7) is 0.671. The summed E-state index contributed by atoms with van der Waals surface area (Å²) in [7, 11) is 0. The molecule has 0 radical (unpaired) electrons. The van der Waals surface area contributed by atoms with Crippen molar-refractivity contribution in [2.45, 2.75) is 31.7 Å². The molecule has 2 N–H and O–H groups in total. The Hall–Kier alpha value is -3.64. The van der Waals surface area contributed by atoms with E-state index in [1.54, 1.807) is 12.1 Å². The van der Waals surface area contributed by atoms with Crippen LogP contribution in [0, 0.1) is 0 Å². The van der Waals surface area contributed by atoms with Crippen molar-refractivity contribution in [2.24, 2.45) is 0 Å². The molecule has 2 heterocycles. The average Bonchev–Trinajstić information content (AvgIpc) is 3.32. The Bertz CT molecular complexity index is 1310. The van der Waals surface area contributed by atoms with Gasteiger partial charge in [0.1, 0.15) is 12.4 Å². The van der Waals surface area contributed by atoms with Crippen molar-refractivity contribution in [1.29, 1.82) is 0 Å². The molecule has 1 aromatic heterocycles. The van der Waals surface area contributed by atoms with Crippen LogP contribution in [-0.2, 0) is 17.5 Å². The van der Waals surface area contributed by atoms with Gasteiger partial charge in [0.05, 0.1) is 6.04 Å². The maximum atomic E-state index is 13.5. The fourth-order valence-electron chi connectivity index (χ4n) is 3.96. The van der Waals surface area contributed by atoms with Crippen LogP contribution < -0.4 is 10.6 Å². The van der Waals surface area contributed by atoms with Crippen molar-refractivity contribution < 1.29 is 27.5 Å². The Labute approximate surface area is 226 Å². The highest BCUT2D eigenvalue weighted by atomic mass is 35.5. The fourth-order valence-corrected chi connectivity index (χ4v) is 4.35. The van der Waals surface area contributed by atoms with Gasteiger partial charge in [-0.05, 0) is 48.8 Å². The lowest BCUT2D eigenvalue weighted by atomic mass is 10.1. The average molecular weight is 566 g/mol. The number of benzene rings is 2. The molecule has 8 nitrogen and oxygen atoms in total. The van der Waals surface area contributed by atoms with Crippen LogP contribution in [0.1, 0.15) is 40.5 Å². The monoisotopic (exact) mass is 565 g/mol. The van der Waals surface area contributed by atoms with E-state index in [9.17, 15) is 22.8 Å². The van der Waals surface area contributed by atoms with Gasteiger partial charge in [-0.25, -0.2) is 9.48 Å². The summed E-state index contributed by atoms with van der Waals surface area (Å²) < 4.78 is 46.9. The molecule has 1 aliphatic rings. The second-order valence-corrected chi connectivity index (χ2v) is 9.38. The standard InChI is InChI=1S/C25H23ClF3N5O3S/c26-18-8-4-7-17(13-18)22(35)31-23(38)30-21-14-20(25(27,28)29)32-34(21)19-9-11-33(12-10-19)24(36)37-15-16-5-2-1-3-6-16/h1-8,13-14,19H,9-12,15H2,(H2,30,31,35,38). The Morgan fingerprint density at radius 3 is 2.45 bits per heavy atom. The zero-order valence-corrected chi connectivity index (χ0v) is 21.4. The number of piperidine rings is 1. The highest BCUT2D eigenvalue weighted by Crippen LogP contribution is 2.33. The molecule has 4 rings (SSSR count). The Morgan fingerprint density at radius 2 is 1.79 bits per heavy atom. The maximum Gasteiger partial charge on any atom is 0.435 e. The van der Waals surface area contributed by atoms with E-state index in [0.29, 0.717) is 17.9 Å². The first-order valence-corrected chi connectivity index (χ1v) is 12.4. The summed E-state index contributed by atoms with van der Waals surface area (Å²) in [5.74, 6) is -0.603. The van der Waals surface area contributed by atoms with E-state index in [0.717, 1.165) is 11.6 Å². The van der Waals surface area contributed by atoms with E-state index in [1.807, 2.05) is 30.3 Å². The van der Waals surface area contributed by atoms with Gasteiger partial charge in [-0.1, -0.05) is 48.0 Å². The second-order valence-electron chi connectivity index (χ2n) is 8.53. The first-order chi connectivity index (χ1) is 18.1. The fraction of sp³-hybridized carbons (Fsp3) is 0.280. The van der Waals surface area contributed by atoms with Gasteiger partial charge in [0.15, 0.2) is 10.8 Å². The Kier molecular flexibility index (Phi) is 8.52. The largest absolute Gasteiger partial charge is 0.445 e. The van der Waals surface area contributed by atoms with Crippen LogP contribution >= 0.6 is 23.8 Å². The van der Waals surface area contributed by atoms with Crippen molar-refractivity contribution in [3.8, 4) is 0 Å². The third-order valence-corrected chi connectivity index (χ3v) is 6.29. The number of alkyl halides is 3. The van der Waals surface area contributed by atoms with Crippen molar-refractivity contribution in [3.63, 3.8) is 0 Å². The lowest BCUT2D eigenvalue weighted by molar-refractivity contribution is -0.141. The number of halogens is 4. The maximum absolute atomic E-state index is 13.5. The number of ether oxygens (including phenoxy) is 1. The van der Waals surface area contributed by atoms with Gasteiger partial charge in [0.25, 0.3) is 5.91 Å². The van der Waals surface area contributed by atoms with Gasteiger partial charge in [-0.15, -0.1) is 0 Å². The topological polar surface area (TPSA) is 88.5 Å². The van der Waals surface area contributed by atoms with Crippen LogP contribution in [0.25, 0.3) is 0 Å². The lowest BCUT2D eigenvalue weighted by Gasteiger charge is -2.32. The van der Waals surface area contributed by atoms with E-state index >= 15 is 0 Å². The number of nitrogens with one attached hydrogen (secondary N) is 2. The van der Waals surface area contributed by atoms with Gasteiger partial charge in [-0.2, -0.15) is 18.3 Å². The quantitative estimate of drug-likeness (QED) is 0.388. The highest BCUT2D eigenvalue weighted by Gasteiger charge is 2.37. The minimum absolute atomic E-state index is 0.0289. The van der Waals surface area contributed by atoms with Crippen LogP contribution in [0.4, 0.5) is 23.8 Å². The molecule has 2 aromatic carbocycles. The third kappa shape index (κ3) is 7.01. The molecule has 13 heteroatoms. The zero-order valence-electron chi connectivity index (χ0n) is 19.9. The van der Waals surface area contributed by atoms with Gasteiger partial charge < -0.3 is 15.0 Å². The van der Waals surface area contributed by atoms with Crippen LogP contribution in [0.15, 0.2) is 60.7 Å². The van der Waals surface area contributed by atoms with Crippen LogP contribution in [0.3, 0.4) is 0 Å². The molecule has 3 aromatic rings. The predicted octanol–water partition coefficient (Wildman–Crippen LogP) is 5.66. The van der Waals surface area contributed by atoms with E-state index in [-0.39, 0.29) is 36.2 Å². The second kappa shape index (κ2) is 11.8. The number of rotatable bonds is 5. The molecule has 0 aliphatic carbocycles. The summed E-state index contributed by atoms with van der Waals surface area (Å²) in [5.41, 5.74) is -0.0209. The van der Waals surface area contributed by atoms with E-state index < -0.39 is 29.9 Å². The van der Waals surface area contributed by atoms with Crippen molar-refractivity contribution in [2.75, 3.05) is 18.4 Å². The number of amides is 2. The third-order valence-electron chi connectivity index (χ3n) is 5.86. The number of hydrogen-bond acceptors (Lipinski definition) is 5. The highest BCUT2D eigenvalue weighted by molar-refractivity contribution is 7.80. The van der Waals surface area contributed by atoms with Crippen LogP contribution in [-0.4, -0.2) is 44.9 Å². The van der Waals surface area contributed by atoms with Crippen molar-refractivity contribution >= 4 is 46.7 Å². The number of carbonyl (C=O) groups is 2. The van der Waals surface area contributed by atoms with Crippen LogP contribution in [0.2, 0.25) is 5.02 Å². The SMILES string of the molecule is O=C(NC(=S)Nc1cc(C(F)(F)F)nn1C1CCN(C(=O)OCc2ccccc2)CC1)c1cccc(Cl)c1. The molecule has 0 saturated carbocycles. The number of carbonyl (C=O) groups excluding carboxylic acids is 2. The first kappa shape index (κ1) is 27.4. The smallest absolute Gasteiger partial charge is 0.435 e. The molecule has 1 fully saturated rings. The lowest BCUT2D eigenvalue weighted by Crippen LogP contribution is -2.40. The molecule has 1 saturated heterocycles. The molecule has 0 atom stereocenters. The molecule has 200 valence electrons. The van der Waals surface area contributed by atoms with E-state index in [1.165, 1.54) is 21.7 Å². The summed E-state index contributed by atoms with van der Waals surface area (Å²) in [6.07, 6.45) is -4.49. The Balaban J connectivity index is 1.40.